The van der Waals surface area contributed by atoms with Crippen LogP contribution in [0.4, 0.5) is 0 Å². The van der Waals surface area contributed by atoms with Gasteiger partial charge in [-0.2, -0.15) is 0 Å². The van der Waals surface area contributed by atoms with Crippen molar-refractivity contribution in [2.75, 3.05) is 19.3 Å². The molecule has 0 aliphatic carbocycles. The SMILES string of the molecule is [2H][2H].[3H]C(=O)NN(CC)CC(O)C(CCC)NS(C)=O. The van der Waals surface area contributed by atoms with Crippen LogP contribution in [0, 0.1) is 0 Å². The summed E-state index contributed by atoms with van der Waals surface area (Å²) in [6.45, 7) is 4.46. The summed E-state index contributed by atoms with van der Waals surface area (Å²) in [4.78, 5) is 10.6. The first kappa shape index (κ1) is 12.9. The Labute approximate surface area is 110 Å². The predicted molar refractivity (Wildman–Crippen MR) is 70.5 cm³/mol. The molecule has 0 aromatic heterocycles. The quantitative estimate of drug-likeness (QED) is 0.395. The molecule has 0 bridgehead atoms. The van der Waals surface area contributed by atoms with Crippen molar-refractivity contribution < 1.29 is 18.5 Å². The Hall–Kier alpha value is -0.500. The minimum atomic E-state index is -1.20. The van der Waals surface area contributed by atoms with Crippen LogP contribution in [-0.4, -0.2) is 52.2 Å². The fourth-order valence-electron chi connectivity index (χ4n) is 1.53. The molecule has 3 N–H and O–H groups in total. The first-order valence-corrected chi connectivity index (χ1v) is 7.26. The molecule has 3 atom stereocenters. The molecule has 1 amide bonds. The molecule has 0 heterocycles. The van der Waals surface area contributed by atoms with Crippen molar-refractivity contribution in [3.63, 3.8) is 0 Å². The third kappa shape index (κ3) is 7.43. The van der Waals surface area contributed by atoms with E-state index in [9.17, 15) is 14.1 Å². The number of carbonyl (C=O) groups is 1. The van der Waals surface area contributed by atoms with E-state index < -0.39 is 23.5 Å². The number of rotatable bonds is 9. The monoisotopic (exact) mass is 271 g/mol. The fourth-order valence-corrected chi connectivity index (χ4v) is 2.23. The van der Waals surface area contributed by atoms with E-state index >= 15 is 0 Å². The van der Waals surface area contributed by atoms with Crippen molar-refractivity contribution in [2.45, 2.75) is 38.8 Å². The highest BCUT2D eigenvalue weighted by Gasteiger charge is 2.21. The molecular formula is C10H25N3O3S. The first-order chi connectivity index (χ1) is 9.40. The van der Waals surface area contributed by atoms with E-state index in [2.05, 4.69) is 10.1 Å². The lowest BCUT2D eigenvalue weighted by molar-refractivity contribution is -0.114. The minimum Gasteiger partial charge on any atom is -0.390 e. The molecule has 0 radical (unpaired) electrons. The Balaban J connectivity index is 0. The summed E-state index contributed by atoms with van der Waals surface area (Å²) in [6.07, 6.45) is 1.37. The maximum Gasteiger partial charge on any atom is 0.221 e. The molecule has 17 heavy (non-hydrogen) atoms. The molecule has 3 unspecified atom stereocenters. The van der Waals surface area contributed by atoms with E-state index in [1.807, 2.05) is 13.8 Å². The van der Waals surface area contributed by atoms with Gasteiger partial charge in [0.2, 0.25) is 6.39 Å². The van der Waals surface area contributed by atoms with Gasteiger partial charge in [-0.1, -0.05) is 20.3 Å². The average Bonchev–Trinajstić information content (AvgIpc) is 2.38. The summed E-state index contributed by atoms with van der Waals surface area (Å²) < 4.78 is 30.8. The zero-order valence-corrected chi connectivity index (χ0v) is 11.4. The molecule has 0 saturated heterocycles. The van der Waals surface area contributed by atoms with Crippen LogP contribution in [0.2, 0.25) is 0 Å². The fraction of sp³-hybridized carbons (Fsp3) is 0.900. The van der Waals surface area contributed by atoms with E-state index in [1.165, 1.54) is 11.3 Å². The highest BCUT2D eigenvalue weighted by Crippen LogP contribution is 2.04. The third-order valence-electron chi connectivity index (χ3n) is 2.37. The van der Waals surface area contributed by atoms with E-state index in [0.29, 0.717) is 13.0 Å². The second-order valence-corrected chi connectivity index (χ2v) is 4.93. The number of aliphatic hydroxyl groups excluding tert-OH is 1. The van der Waals surface area contributed by atoms with Crippen molar-refractivity contribution in [2.24, 2.45) is 0 Å². The van der Waals surface area contributed by atoms with Crippen LogP contribution in [0.3, 0.4) is 0 Å². The number of hydrogen-bond acceptors (Lipinski definition) is 4. The molecule has 0 fully saturated rings. The standard InChI is InChI=1S/C10H23N3O3S.H2/c1-4-6-9(12-17(3)16)10(15)7-13(5-2)11-8-14;/h8-10,12,15H,4-7H2,1-3H3,(H,11,14);1H/i8T;1+1D. The van der Waals surface area contributed by atoms with Gasteiger partial charge in [-0.3, -0.25) is 10.2 Å². The summed E-state index contributed by atoms with van der Waals surface area (Å²) in [5.74, 6) is 0. The van der Waals surface area contributed by atoms with Crippen molar-refractivity contribution in [3.8, 4) is 0 Å². The van der Waals surface area contributed by atoms with Crippen molar-refractivity contribution in [3.05, 3.63) is 0 Å². The number of amides is 1. The van der Waals surface area contributed by atoms with E-state index in [0.717, 1.165) is 6.42 Å². The number of carbonyl (C=O) groups excluding carboxylic acids is 1. The predicted octanol–water partition coefficient (Wildman–Crippen LogP) is -0.372. The first-order valence-electron chi connectivity index (χ1n) is 7.20. The summed E-state index contributed by atoms with van der Waals surface area (Å²) >= 11 is 0. The van der Waals surface area contributed by atoms with Gasteiger partial charge in [0.25, 0.3) is 0 Å². The number of hydrazine groups is 1. The molecule has 0 aromatic rings. The van der Waals surface area contributed by atoms with Crippen LogP contribution in [0.25, 0.3) is 0 Å². The summed E-state index contributed by atoms with van der Waals surface area (Å²) in [5.41, 5.74) is 2.31. The van der Waals surface area contributed by atoms with Crippen LogP contribution < -0.4 is 10.1 Å². The molecule has 0 saturated carbocycles. The molecular weight excluding hydrogens is 242 g/mol. The van der Waals surface area contributed by atoms with Gasteiger partial charge in [0.15, 0.2) is 0 Å². The third-order valence-corrected chi connectivity index (χ3v) is 3.01. The van der Waals surface area contributed by atoms with Gasteiger partial charge in [-0.25, -0.2) is 13.9 Å². The zero-order valence-electron chi connectivity index (χ0n) is 13.6. The lowest BCUT2D eigenvalue weighted by atomic mass is 10.1. The van der Waals surface area contributed by atoms with E-state index in [1.54, 1.807) is 0 Å². The molecule has 7 heteroatoms. The summed E-state index contributed by atoms with van der Waals surface area (Å²) in [5, 5.41) is 11.5. The number of nitrogens with one attached hydrogen (secondary N) is 2. The smallest absolute Gasteiger partial charge is 0.221 e. The molecule has 0 spiro atoms. The topological polar surface area (TPSA) is 81.7 Å². The van der Waals surface area contributed by atoms with Gasteiger partial charge in [0.1, 0.15) is 1.37 Å². The lowest BCUT2D eigenvalue weighted by Gasteiger charge is -2.27. The highest BCUT2D eigenvalue weighted by atomic mass is 32.2. The van der Waals surface area contributed by atoms with Crippen LogP contribution in [0.1, 0.15) is 31.0 Å². The summed E-state index contributed by atoms with van der Waals surface area (Å²) in [6, 6.07) is -0.294. The second kappa shape index (κ2) is 9.52. The maximum atomic E-state index is 11.1. The highest BCUT2D eigenvalue weighted by molar-refractivity contribution is 7.82. The van der Waals surface area contributed by atoms with Gasteiger partial charge < -0.3 is 5.11 Å². The minimum absolute atomic E-state index is 0.190. The van der Waals surface area contributed by atoms with Gasteiger partial charge in [-0.15, -0.1) is 0 Å². The van der Waals surface area contributed by atoms with E-state index in [4.69, 9.17) is 4.34 Å². The Morgan fingerprint density at radius 1 is 1.71 bits per heavy atom. The Bertz CT molecular complexity index is 288. The Kier molecular flexibility index (Phi) is 7.25. The summed E-state index contributed by atoms with van der Waals surface area (Å²) in [7, 11) is -1.20. The van der Waals surface area contributed by atoms with Crippen LogP contribution >= 0.6 is 0 Å². The molecule has 0 rings (SSSR count). The van der Waals surface area contributed by atoms with Gasteiger partial charge >= 0.3 is 0 Å². The van der Waals surface area contributed by atoms with Crippen molar-refractivity contribution in [1.82, 2.24) is 15.2 Å². The zero-order chi connectivity index (χ0) is 16.1. The average molecular weight is 271 g/mol. The number of nitrogens with zero attached hydrogens (tertiary/aromatic N) is 1. The van der Waals surface area contributed by atoms with Crippen LogP contribution in [-0.2, 0) is 15.8 Å². The number of aliphatic hydroxyl groups is 1. The normalized spacial score (nSPS) is 17.8. The molecule has 0 aliphatic rings. The van der Waals surface area contributed by atoms with Gasteiger partial charge in [0.05, 0.1) is 17.1 Å². The number of hydrogen-bond donors (Lipinski definition) is 3. The van der Waals surface area contributed by atoms with Crippen molar-refractivity contribution >= 4 is 17.4 Å². The van der Waals surface area contributed by atoms with Gasteiger partial charge in [-0.05, 0) is 6.42 Å². The second-order valence-electron chi connectivity index (χ2n) is 3.79. The number of likely N-dealkylation sites (N-methyl/N-ethyl adjacent to an activating group) is 1. The van der Waals surface area contributed by atoms with Gasteiger partial charge in [0, 0.05) is 28.4 Å². The molecule has 104 valence electrons. The Morgan fingerprint density at radius 3 is 2.76 bits per heavy atom. The van der Waals surface area contributed by atoms with Crippen LogP contribution in [0.5, 0.6) is 0 Å². The lowest BCUT2D eigenvalue weighted by Crippen LogP contribution is -2.50. The molecule has 0 aliphatic heterocycles. The Morgan fingerprint density at radius 2 is 2.35 bits per heavy atom. The van der Waals surface area contributed by atoms with Crippen LogP contribution in [0.15, 0.2) is 0 Å². The largest absolute Gasteiger partial charge is 0.390 e. The van der Waals surface area contributed by atoms with Crippen molar-refractivity contribution in [1.29, 1.82) is 0 Å². The molecule has 0 aromatic carbocycles. The van der Waals surface area contributed by atoms with E-state index in [-0.39, 0.29) is 12.6 Å². The molecule has 6 nitrogen and oxygen atoms in total. The maximum absolute atomic E-state index is 11.1.